The molecule has 1 amide bonds. The summed E-state index contributed by atoms with van der Waals surface area (Å²) in [6.45, 7) is 3.79. The third kappa shape index (κ3) is 6.46. The molecule has 1 atom stereocenters. The lowest BCUT2D eigenvalue weighted by Gasteiger charge is -2.18. The van der Waals surface area contributed by atoms with E-state index in [0.29, 0.717) is 28.3 Å². The van der Waals surface area contributed by atoms with Gasteiger partial charge in [-0.05, 0) is 49.2 Å². The van der Waals surface area contributed by atoms with Gasteiger partial charge in [0.1, 0.15) is 0 Å². The topological polar surface area (TPSA) is 120 Å². The van der Waals surface area contributed by atoms with Crippen molar-refractivity contribution in [3.8, 4) is 5.69 Å². The molecule has 0 fully saturated rings. The fraction of sp³-hybridized carbons (Fsp3) is 0.333. The van der Waals surface area contributed by atoms with E-state index >= 15 is 0 Å². The number of hydrogen-bond acceptors (Lipinski definition) is 7. The first kappa shape index (κ1) is 26.4. The Bertz CT molecular complexity index is 1290. The van der Waals surface area contributed by atoms with Gasteiger partial charge in [0, 0.05) is 11.2 Å². The van der Waals surface area contributed by atoms with Gasteiger partial charge in [-0.3, -0.25) is 9.59 Å². The van der Waals surface area contributed by atoms with Gasteiger partial charge in [0.2, 0.25) is 0 Å². The molecule has 9 nitrogen and oxygen atoms in total. The van der Waals surface area contributed by atoms with Crippen LogP contribution >= 0.6 is 11.6 Å². The summed E-state index contributed by atoms with van der Waals surface area (Å²) < 4.78 is 31.0. The van der Waals surface area contributed by atoms with Gasteiger partial charge in [-0.25, -0.2) is 18.1 Å². The zero-order valence-corrected chi connectivity index (χ0v) is 21.3. The predicted molar refractivity (Wildman–Crippen MR) is 131 cm³/mol. The predicted octanol–water partition coefficient (Wildman–Crippen LogP) is 3.84. The summed E-state index contributed by atoms with van der Waals surface area (Å²) in [7, 11) is -2.53. The first-order valence-electron chi connectivity index (χ1n) is 11.0. The number of carbonyl (C=O) groups excluding carboxylic acids is 2. The molecular formula is C24H27ClN4O5S. The lowest BCUT2D eigenvalue weighted by atomic mass is 10.0. The Morgan fingerprint density at radius 2 is 1.86 bits per heavy atom. The van der Waals surface area contributed by atoms with Gasteiger partial charge < -0.3 is 10.1 Å². The van der Waals surface area contributed by atoms with Crippen LogP contribution in [0.5, 0.6) is 0 Å². The van der Waals surface area contributed by atoms with Crippen LogP contribution in [0.4, 0.5) is 0 Å². The number of nitrogens with zero attached hydrogens (tertiary/aromatic N) is 3. The molecule has 2 aromatic heterocycles. The summed E-state index contributed by atoms with van der Waals surface area (Å²) in [6.07, 6.45) is 4.12. The maximum Gasteiger partial charge on any atom is 0.306 e. The normalized spacial score (nSPS) is 12.2. The molecule has 35 heavy (non-hydrogen) atoms. The fourth-order valence-electron chi connectivity index (χ4n) is 3.53. The summed E-state index contributed by atoms with van der Waals surface area (Å²) in [6, 6.07) is 9.78. The molecule has 2 heterocycles. The van der Waals surface area contributed by atoms with Gasteiger partial charge in [0.05, 0.1) is 48.5 Å². The van der Waals surface area contributed by atoms with Crippen molar-refractivity contribution in [2.45, 2.75) is 44.2 Å². The monoisotopic (exact) mass is 518 g/mol. The Hall–Kier alpha value is -3.24. The molecule has 3 rings (SSSR count). The number of benzene rings is 1. The second kappa shape index (κ2) is 11.5. The van der Waals surface area contributed by atoms with Gasteiger partial charge in [0.15, 0.2) is 14.9 Å². The molecule has 0 radical (unpaired) electrons. The number of methoxy groups -OCH3 is 1. The molecule has 0 saturated carbocycles. The molecule has 0 aliphatic rings. The van der Waals surface area contributed by atoms with E-state index in [9.17, 15) is 18.0 Å². The molecule has 1 unspecified atom stereocenters. The Morgan fingerprint density at radius 1 is 1.14 bits per heavy atom. The largest absolute Gasteiger partial charge is 0.469 e. The van der Waals surface area contributed by atoms with Crippen LogP contribution in [-0.2, 0) is 19.4 Å². The highest BCUT2D eigenvalue weighted by Gasteiger charge is 2.22. The van der Waals surface area contributed by atoms with Crippen molar-refractivity contribution in [1.82, 2.24) is 20.1 Å². The highest BCUT2D eigenvalue weighted by molar-refractivity contribution is 7.91. The zero-order chi connectivity index (χ0) is 25.6. The van der Waals surface area contributed by atoms with Crippen LogP contribution in [0, 0.1) is 6.92 Å². The Kier molecular flexibility index (Phi) is 8.63. The number of hydrogen-bond donors (Lipinski definition) is 1. The number of rotatable bonds is 10. The Labute approximate surface area is 209 Å². The number of amides is 1. The smallest absolute Gasteiger partial charge is 0.306 e. The van der Waals surface area contributed by atoms with Gasteiger partial charge in [-0.1, -0.05) is 31.0 Å². The molecule has 186 valence electrons. The van der Waals surface area contributed by atoms with Crippen molar-refractivity contribution in [3.63, 3.8) is 0 Å². The van der Waals surface area contributed by atoms with E-state index in [2.05, 4.69) is 20.1 Å². The van der Waals surface area contributed by atoms with Crippen LogP contribution in [0.1, 0.15) is 53.8 Å². The van der Waals surface area contributed by atoms with Crippen molar-refractivity contribution in [1.29, 1.82) is 0 Å². The lowest BCUT2D eigenvalue weighted by molar-refractivity contribution is -0.140. The van der Waals surface area contributed by atoms with Crippen molar-refractivity contribution in [3.05, 3.63) is 70.6 Å². The van der Waals surface area contributed by atoms with E-state index in [0.717, 1.165) is 12.1 Å². The minimum Gasteiger partial charge on any atom is -0.469 e. The molecule has 0 saturated heterocycles. The molecule has 0 bridgehead atoms. The van der Waals surface area contributed by atoms with E-state index < -0.39 is 21.6 Å². The van der Waals surface area contributed by atoms with Crippen LogP contribution in [0.25, 0.3) is 5.69 Å². The van der Waals surface area contributed by atoms with E-state index in [-0.39, 0.29) is 23.4 Å². The fourth-order valence-corrected chi connectivity index (χ4v) is 4.79. The number of esters is 1. The van der Waals surface area contributed by atoms with Crippen LogP contribution in [0.15, 0.2) is 53.8 Å². The van der Waals surface area contributed by atoms with E-state index in [1.165, 1.54) is 25.6 Å². The van der Waals surface area contributed by atoms with Crippen LogP contribution in [-0.4, -0.2) is 47.9 Å². The SMILES string of the molecule is CCCC(NC(=O)c1cnn(-c2ccc(Cl)cc2)c1C)c1ccc(S(=O)(=O)CCC(=O)OC)nc1. The van der Waals surface area contributed by atoms with Gasteiger partial charge in [-0.15, -0.1) is 0 Å². The second-order valence-corrected chi connectivity index (χ2v) is 10.4. The van der Waals surface area contributed by atoms with Crippen LogP contribution < -0.4 is 5.32 Å². The van der Waals surface area contributed by atoms with Crippen LogP contribution in [0.2, 0.25) is 5.02 Å². The summed E-state index contributed by atoms with van der Waals surface area (Å²) in [5, 5.41) is 7.82. The number of ether oxygens (including phenoxy) is 1. The van der Waals surface area contributed by atoms with Crippen molar-refractivity contribution in [2.24, 2.45) is 0 Å². The molecule has 0 aliphatic heterocycles. The molecule has 0 aliphatic carbocycles. The quantitative estimate of drug-likeness (QED) is 0.405. The zero-order valence-electron chi connectivity index (χ0n) is 19.7. The summed E-state index contributed by atoms with van der Waals surface area (Å²) in [4.78, 5) is 28.5. The van der Waals surface area contributed by atoms with E-state index in [1.54, 1.807) is 29.8 Å². The number of pyridine rings is 1. The highest BCUT2D eigenvalue weighted by Crippen LogP contribution is 2.22. The third-order valence-electron chi connectivity index (χ3n) is 5.49. The van der Waals surface area contributed by atoms with Crippen molar-refractivity contribution >= 4 is 33.3 Å². The highest BCUT2D eigenvalue weighted by atomic mass is 35.5. The van der Waals surface area contributed by atoms with Gasteiger partial charge in [0.25, 0.3) is 5.91 Å². The van der Waals surface area contributed by atoms with Crippen LogP contribution in [0.3, 0.4) is 0 Å². The molecule has 1 aromatic carbocycles. The molecule has 0 spiro atoms. The van der Waals surface area contributed by atoms with Gasteiger partial charge >= 0.3 is 5.97 Å². The Morgan fingerprint density at radius 3 is 2.46 bits per heavy atom. The standard InChI is InChI=1S/C24H27ClN4O5S/c1-4-5-21(17-6-11-22(26-14-17)35(32,33)13-12-23(30)34-3)28-24(31)20-15-27-29(16(20)2)19-9-7-18(25)8-10-19/h6-11,14-15,21H,4-5,12-13H2,1-3H3,(H,28,31). The first-order chi connectivity index (χ1) is 16.7. The average molecular weight is 519 g/mol. The first-order valence-corrected chi connectivity index (χ1v) is 13.1. The van der Waals surface area contributed by atoms with E-state index in [4.69, 9.17) is 11.6 Å². The third-order valence-corrected chi connectivity index (χ3v) is 7.36. The maximum atomic E-state index is 13.1. The number of carbonyl (C=O) groups is 2. The maximum absolute atomic E-state index is 13.1. The minimum atomic E-state index is -3.74. The van der Waals surface area contributed by atoms with Crippen molar-refractivity contribution < 1.29 is 22.7 Å². The van der Waals surface area contributed by atoms with E-state index in [1.807, 2.05) is 19.1 Å². The summed E-state index contributed by atoms with van der Waals surface area (Å²) in [5.74, 6) is -1.29. The number of sulfone groups is 1. The molecule has 1 N–H and O–H groups in total. The summed E-state index contributed by atoms with van der Waals surface area (Å²) in [5.41, 5.74) is 2.56. The number of aromatic nitrogens is 3. The lowest BCUT2D eigenvalue weighted by Crippen LogP contribution is -2.29. The van der Waals surface area contributed by atoms with Gasteiger partial charge in [-0.2, -0.15) is 5.10 Å². The summed E-state index contributed by atoms with van der Waals surface area (Å²) >= 11 is 5.96. The number of halogens is 1. The Balaban J connectivity index is 1.76. The minimum absolute atomic E-state index is 0.133. The van der Waals surface area contributed by atoms with Crippen molar-refractivity contribution in [2.75, 3.05) is 12.9 Å². The average Bonchev–Trinajstić information content (AvgIpc) is 3.24. The molecule has 11 heteroatoms. The second-order valence-electron chi connectivity index (χ2n) is 7.92. The molecular weight excluding hydrogens is 492 g/mol. The molecule has 3 aromatic rings. The number of nitrogens with one attached hydrogen (secondary N) is 1.